The van der Waals surface area contributed by atoms with Gasteiger partial charge in [0, 0.05) is 63.4 Å². The van der Waals surface area contributed by atoms with Gasteiger partial charge in [0.2, 0.25) is 11.8 Å². The Labute approximate surface area is 289 Å². The fraction of sp³-hybridized carbons (Fsp3) is 0.152. The van der Waals surface area contributed by atoms with Gasteiger partial charge in [-0.25, -0.2) is 4.79 Å². The van der Waals surface area contributed by atoms with Gasteiger partial charge in [0.15, 0.2) is 5.78 Å². The Bertz CT molecular complexity index is 1660. The Morgan fingerprint density at radius 1 is 0.689 bits per heavy atom. The highest BCUT2D eigenvalue weighted by Crippen LogP contribution is 2.25. The molecule has 0 saturated carbocycles. The summed E-state index contributed by atoms with van der Waals surface area (Å²) in [6.45, 7) is 0.168. The summed E-state index contributed by atoms with van der Waals surface area (Å²) < 4.78 is 7.98. The molecule has 0 radical (unpaired) electrons. The van der Waals surface area contributed by atoms with Crippen LogP contribution in [0.25, 0.3) is 22.9 Å². The number of carboxylic acids is 1. The third kappa shape index (κ3) is 11.2. The van der Waals surface area contributed by atoms with Crippen LogP contribution in [0.2, 0.25) is 0 Å². The molecular weight excluding hydrogens is 798 g/mol. The largest absolute Gasteiger partial charge is 0.478 e. The highest BCUT2D eigenvalue weighted by atomic mass is 127. The predicted molar refractivity (Wildman–Crippen MR) is 196 cm³/mol. The number of carboxylic acid groups (broad SMARTS) is 1. The average molecular weight is 832 g/mol. The number of nitrogens with zero attached hydrogens (tertiary/aromatic N) is 4. The monoisotopic (exact) mass is 832 g/mol. The number of hydrogen-bond donors (Lipinski definition) is 3. The smallest absolute Gasteiger partial charge is 0.335 e. The number of carbonyl (C=O) groups is 2. The highest BCUT2D eigenvalue weighted by Gasteiger charge is 2.10. The number of aromatic nitrogens is 2. The number of carbonyl (C=O) groups excluding carboxylic acids is 1. The Kier molecular flexibility index (Phi) is 13.9. The lowest BCUT2D eigenvalue weighted by molar-refractivity contribution is 0.0696. The summed E-state index contributed by atoms with van der Waals surface area (Å²) in [5, 5.41) is 16.7. The van der Waals surface area contributed by atoms with Gasteiger partial charge in [0.25, 0.3) is 0 Å². The van der Waals surface area contributed by atoms with Crippen LogP contribution in [0.5, 0.6) is 0 Å². The molecule has 1 aromatic heterocycles. The van der Waals surface area contributed by atoms with Crippen molar-refractivity contribution in [1.82, 2.24) is 15.6 Å². The zero-order chi connectivity index (χ0) is 32.9. The van der Waals surface area contributed by atoms with E-state index in [1.807, 2.05) is 93.8 Å². The molecule has 4 N–H and O–H groups in total. The zero-order valence-corrected chi connectivity index (χ0v) is 29.6. The first-order valence-corrected chi connectivity index (χ1v) is 15.7. The van der Waals surface area contributed by atoms with E-state index < -0.39 is 5.97 Å². The number of hydrazine groups is 1. The van der Waals surface area contributed by atoms with Crippen LogP contribution in [-0.2, 0) is 0 Å². The van der Waals surface area contributed by atoms with Gasteiger partial charge >= 0.3 is 5.97 Å². The number of hydrogen-bond acceptors (Lipinski definition) is 9. The molecule has 0 spiro atoms. The summed E-state index contributed by atoms with van der Waals surface area (Å²) >= 11 is 4.39. The predicted octanol–water partition coefficient (Wildman–Crippen LogP) is 6.46. The third-order valence-corrected chi connectivity index (χ3v) is 7.64. The maximum atomic E-state index is 11.4. The minimum Gasteiger partial charge on any atom is -0.478 e. The summed E-state index contributed by atoms with van der Waals surface area (Å²) in [6, 6.07) is 30.2. The maximum Gasteiger partial charge on any atom is 0.335 e. The van der Waals surface area contributed by atoms with E-state index in [9.17, 15) is 9.59 Å². The van der Waals surface area contributed by atoms with Crippen LogP contribution in [0, 0.1) is 7.14 Å². The first-order chi connectivity index (χ1) is 21.5. The Morgan fingerprint density at radius 2 is 1.07 bits per heavy atom. The van der Waals surface area contributed by atoms with Crippen molar-refractivity contribution in [2.24, 2.45) is 5.84 Å². The Balaban J connectivity index is 0.000000199. The molecule has 0 atom stereocenters. The molecule has 10 nitrogen and oxygen atoms in total. The fourth-order valence-corrected chi connectivity index (χ4v) is 4.40. The first kappa shape index (κ1) is 35.6. The van der Waals surface area contributed by atoms with Crippen molar-refractivity contribution in [3.63, 3.8) is 0 Å². The van der Waals surface area contributed by atoms with E-state index in [0.29, 0.717) is 22.9 Å². The topological polar surface area (TPSA) is 138 Å². The minimum atomic E-state index is -0.878. The molecule has 45 heavy (non-hydrogen) atoms. The second kappa shape index (κ2) is 17.6. The molecule has 0 unspecified atom stereocenters. The number of aromatic carboxylic acids is 1. The molecule has 234 valence electrons. The highest BCUT2D eigenvalue weighted by molar-refractivity contribution is 14.1. The van der Waals surface area contributed by atoms with Crippen LogP contribution >= 0.6 is 45.2 Å². The van der Waals surface area contributed by atoms with E-state index in [1.165, 1.54) is 3.57 Å². The quantitative estimate of drug-likeness (QED) is 0.0692. The first-order valence-electron chi connectivity index (χ1n) is 13.6. The molecule has 0 aliphatic heterocycles. The van der Waals surface area contributed by atoms with Gasteiger partial charge in [0.05, 0.1) is 12.1 Å². The molecule has 12 heteroatoms. The SMILES string of the molecule is CN(C)c1ccc(-c2nnc(-c3ccc(I)cc3)o2)cc1.CN(C)c1ccc(C(=O)CNN)cc1.O=C(O)c1ccc(I)cc1. The number of ketones is 1. The molecule has 0 amide bonds. The number of rotatable bonds is 8. The van der Waals surface area contributed by atoms with Crippen molar-refractivity contribution < 1.29 is 19.1 Å². The average Bonchev–Trinajstić information content (AvgIpc) is 3.53. The molecular formula is C33H34I2N6O4. The van der Waals surface area contributed by atoms with Crippen LogP contribution in [0.4, 0.5) is 11.4 Å². The maximum absolute atomic E-state index is 11.4. The number of anilines is 2. The molecule has 4 aromatic carbocycles. The van der Waals surface area contributed by atoms with Crippen molar-refractivity contribution in [3.8, 4) is 22.9 Å². The Morgan fingerprint density at radius 3 is 1.47 bits per heavy atom. The van der Waals surface area contributed by atoms with Crippen LogP contribution in [-0.4, -0.2) is 61.8 Å². The summed E-state index contributed by atoms with van der Waals surface area (Å²) in [7, 11) is 7.93. The van der Waals surface area contributed by atoms with E-state index in [2.05, 4.69) is 65.7 Å². The lowest BCUT2D eigenvalue weighted by Gasteiger charge is -2.12. The normalized spacial score (nSPS) is 10.1. The van der Waals surface area contributed by atoms with Crippen LogP contribution < -0.4 is 21.1 Å². The molecule has 0 aliphatic rings. The third-order valence-electron chi connectivity index (χ3n) is 6.21. The van der Waals surface area contributed by atoms with Crippen molar-refractivity contribution in [3.05, 3.63) is 115 Å². The summed E-state index contributed by atoms with van der Waals surface area (Å²) in [5.74, 6) is 5.26. The van der Waals surface area contributed by atoms with Gasteiger partial charge in [-0.2, -0.15) is 0 Å². The van der Waals surface area contributed by atoms with Gasteiger partial charge in [-0.3, -0.25) is 16.1 Å². The van der Waals surface area contributed by atoms with Gasteiger partial charge in [0.1, 0.15) is 0 Å². The van der Waals surface area contributed by atoms with E-state index in [0.717, 1.165) is 26.1 Å². The van der Waals surface area contributed by atoms with Gasteiger partial charge in [-0.05, 0) is 142 Å². The number of nitrogens with two attached hydrogens (primary N) is 1. The fourth-order valence-electron chi connectivity index (χ4n) is 3.68. The van der Waals surface area contributed by atoms with Gasteiger partial charge in [-0.1, -0.05) is 0 Å². The van der Waals surface area contributed by atoms with Crippen LogP contribution in [0.3, 0.4) is 0 Å². The molecule has 1 heterocycles. The molecule has 5 rings (SSSR count). The Hall–Kier alpha value is -3.86. The number of nitrogens with one attached hydrogen (secondary N) is 1. The lowest BCUT2D eigenvalue weighted by Crippen LogP contribution is -2.28. The molecule has 5 aromatic rings. The number of halogens is 2. The van der Waals surface area contributed by atoms with Crippen molar-refractivity contribution >= 4 is 68.3 Å². The summed E-state index contributed by atoms with van der Waals surface area (Å²) in [5.41, 5.74) is 7.41. The van der Waals surface area contributed by atoms with Crippen molar-refractivity contribution in [1.29, 1.82) is 0 Å². The summed E-state index contributed by atoms with van der Waals surface area (Å²) in [6.07, 6.45) is 0. The van der Waals surface area contributed by atoms with E-state index in [-0.39, 0.29) is 12.3 Å². The second-order valence-corrected chi connectivity index (χ2v) is 12.4. The van der Waals surface area contributed by atoms with Crippen molar-refractivity contribution in [2.75, 3.05) is 44.5 Å². The van der Waals surface area contributed by atoms with E-state index in [1.54, 1.807) is 36.4 Å². The van der Waals surface area contributed by atoms with Gasteiger partial charge in [-0.15, -0.1) is 10.2 Å². The van der Waals surface area contributed by atoms with Crippen LogP contribution in [0.1, 0.15) is 20.7 Å². The number of Topliss-reactive ketones (excluding diaryl/α,β-unsaturated/α-hetero) is 1. The second-order valence-electron chi connectivity index (χ2n) is 9.92. The van der Waals surface area contributed by atoms with E-state index >= 15 is 0 Å². The van der Waals surface area contributed by atoms with Crippen molar-refractivity contribution in [2.45, 2.75) is 0 Å². The van der Waals surface area contributed by atoms with E-state index in [4.69, 9.17) is 15.4 Å². The minimum absolute atomic E-state index is 0.00203. The van der Waals surface area contributed by atoms with Gasteiger partial charge < -0.3 is 19.3 Å². The zero-order valence-electron chi connectivity index (χ0n) is 25.2. The molecule has 0 fully saturated rings. The standard InChI is InChI=1S/C16H14IN3O.C10H15N3O.C7H5IO2/c1-20(2)14-9-5-12(6-10-14)16-19-18-15(21-16)11-3-7-13(17)8-4-11;1-13(2)9-5-3-8(4-6-9)10(14)7-12-11;8-6-3-1-5(2-4-6)7(9)10/h3-10H,1-2H3;3-6,12H,7,11H2,1-2H3;1-4H,(H,9,10). The molecule has 0 aliphatic carbocycles. The number of benzene rings is 4. The molecule has 0 bridgehead atoms. The summed E-state index contributed by atoms with van der Waals surface area (Å²) in [4.78, 5) is 25.7. The lowest BCUT2D eigenvalue weighted by atomic mass is 10.1. The van der Waals surface area contributed by atoms with Crippen LogP contribution in [0.15, 0.2) is 101 Å². The molecule has 0 saturated heterocycles.